The molecule has 0 saturated carbocycles. The molecular weight excluding hydrogens is 282 g/mol. The Balaban J connectivity index is 1.75. The zero-order valence-electron chi connectivity index (χ0n) is 12.4. The van der Waals surface area contributed by atoms with Crippen molar-refractivity contribution in [1.29, 1.82) is 0 Å². The lowest BCUT2D eigenvalue weighted by atomic mass is 10.2. The van der Waals surface area contributed by atoms with Gasteiger partial charge in [0.2, 0.25) is 11.8 Å². The third-order valence-corrected chi connectivity index (χ3v) is 2.94. The molecule has 0 aliphatic heterocycles. The highest BCUT2D eigenvalue weighted by Crippen LogP contribution is 2.13. The Hall–Kier alpha value is -2.60. The highest BCUT2D eigenvalue weighted by atomic mass is 16.3. The van der Waals surface area contributed by atoms with Crippen molar-refractivity contribution < 1.29 is 14.0 Å². The summed E-state index contributed by atoms with van der Waals surface area (Å²) in [4.78, 5) is 23.0. The molecule has 0 radical (unpaired) electrons. The molecular formula is C16H19N3O3. The Kier molecular flexibility index (Phi) is 5.73. The minimum Gasteiger partial charge on any atom is -0.468 e. The van der Waals surface area contributed by atoms with Gasteiger partial charge in [-0.1, -0.05) is 6.92 Å². The second-order valence-electron chi connectivity index (χ2n) is 4.71. The molecule has 0 bridgehead atoms. The SMILES string of the molecule is CCC(=O)Nc1ccc(NC(=O)CNCc2ccco2)cc1. The van der Waals surface area contributed by atoms with Crippen molar-refractivity contribution in [3.8, 4) is 0 Å². The Bertz CT molecular complexity index is 606. The average molecular weight is 301 g/mol. The van der Waals surface area contributed by atoms with Crippen LogP contribution in [0.2, 0.25) is 0 Å². The van der Waals surface area contributed by atoms with Gasteiger partial charge in [-0.3, -0.25) is 9.59 Å². The van der Waals surface area contributed by atoms with Crippen LogP contribution in [-0.4, -0.2) is 18.4 Å². The van der Waals surface area contributed by atoms with Gasteiger partial charge in [-0.25, -0.2) is 0 Å². The molecule has 2 amide bonds. The zero-order chi connectivity index (χ0) is 15.8. The maximum absolute atomic E-state index is 11.8. The Morgan fingerprint density at radius 3 is 2.18 bits per heavy atom. The number of carbonyl (C=O) groups is 2. The number of nitrogens with one attached hydrogen (secondary N) is 3. The van der Waals surface area contributed by atoms with E-state index in [4.69, 9.17) is 4.42 Å². The van der Waals surface area contributed by atoms with Crippen LogP contribution in [0.3, 0.4) is 0 Å². The van der Waals surface area contributed by atoms with E-state index in [9.17, 15) is 9.59 Å². The van der Waals surface area contributed by atoms with Crippen LogP contribution in [-0.2, 0) is 16.1 Å². The minimum absolute atomic E-state index is 0.0427. The van der Waals surface area contributed by atoms with Crippen molar-refractivity contribution in [2.24, 2.45) is 0 Å². The molecule has 0 unspecified atom stereocenters. The normalized spacial score (nSPS) is 10.2. The molecule has 22 heavy (non-hydrogen) atoms. The van der Waals surface area contributed by atoms with Crippen molar-refractivity contribution in [3.05, 3.63) is 48.4 Å². The first-order valence-corrected chi connectivity index (χ1v) is 7.10. The topological polar surface area (TPSA) is 83.4 Å². The van der Waals surface area contributed by atoms with Gasteiger partial charge in [-0.05, 0) is 36.4 Å². The first kappa shape index (κ1) is 15.8. The molecule has 6 heteroatoms. The number of hydrogen-bond acceptors (Lipinski definition) is 4. The van der Waals surface area contributed by atoms with Gasteiger partial charge in [0.25, 0.3) is 0 Å². The summed E-state index contributed by atoms with van der Waals surface area (Å²) >= 11 is 0. The number of hydrogen-bond donors (Lipinski definition) is 3. The number of furan rings is 1. The smallest absolute Gasteiger partial charge is 0.238 e. The lowest BCUT2D eigenvalue weighted by Crippen LogP contribution is -2.27. The van der Waals surface area contributed by atoms with Crippen LogP contribution >= 0.6 is 0 Å². The van der Waals surface area contributed by atoms with E-state index in [0.29, 0.717) is 24.3 Å². The molecule has 116 valence electrons. The van der Waals surface area contributed by atoms with E-state index >= 15 is 0 Å². The van der Waals surface area contributed by atoms with Crippen LogP contribution in [0, 0.1) is 0 Å². The van der Waals surface area contributed by atoms with E-state index in [2.05, 4.69) is 16.0 Å². The molecule has 0 atom stereocenters. The molecule has 0 fully saturated rings. The monoisotopic (exact) mass is 301 g/mol. The van der Waals surface area contributed by atoms with Crippen LogP contribution in [0.15, 0.2) is 47.1 Å². The van der Waals surface area contributed by atoms with E-state index < -0.39 is 0 Å². The summed E-state index contributed by atoms with van der Waals surface area (Å²) in [5.74, 6) is 0.597. The van der Waals surface area contributed by atoms with E-state index in [1.54, 1.807) is 43.5 Å². The average Bonchev–Trinajstić information content (AvgIpc) is 3.02. The molecule has 1 aromatic heterocycles. The fourth-order valence-corrected chi connectivity index (χ4v) is 1.80. The first-order chi connectivity index (χ1) is 10.7. The minimum atomic E-state index is -0.142. The maximum Gasteiger partial charge on any atom is 0.238 e. The number of anilines is 2. The molecule has 0 spiro atoms. The molecule has 0 aliphatic carbocycles. The summed E-state index contributed by atoms with van der Waals surface area (Å²) in [6, 6.07) is 10.6. The van der Waals surface area contributed by atoms with Crippen molar-refractivity contribution in [2.75, 3.05) is 17.2 Å². The lowest BCUT2D eigenvalue weighted by molar-refractivity contribution is -0.116. The summed E-state index contributed by atoms with van der Waals surface area (Å²) in [5.41, 5.74) is 1.39. The van der Waals surface area contributed by atoms with Gasteiger partial charge in [0.05, 0.1) is 19.4 Å². The van der Waals surface area contributed by atoms with Crippen molar-refractivity contribution in [1.82, 2.24) is 5.32 Å². The molecule has 3 N–H and O–H groups in total. The zero-order valence-corrected chi connectivity index (χ0v) is 12.4. The van der Waals surface area contributed by atoms with Crippen molar-refractivity contribution in [3.63, 3.8) is 0 Å². The molecule has 0 aliphatic rings. The number of carbonyl (C=O) groups excluding carboxylic acids is 2. The van der Waals surface area contributed by atoms with Gasteiger partial charge in [-0.2, -0.15) is 0 Å². The highest BCUT2D eigenvalue weighted by molar-refractivity contribution is 5.93. The summed E-state index contributed by atoms with van der Waals surface area (Å²) in [5, 5.41) is 8.51. The fourth-order valence-electron chi connectivity index (χ4n) is 1.80. The van der Waals surface area contributed by atoms with Gasteiger partial charge < -0.3 is 20.4 Å². The van der Waals surface area contributed by atoms with Gasteiger partial charge in [-0.15, -0.1) is 0 Å². The number of rotatable bonds is 7. The van der Waals surface area contributed by atoms with E-state index in [1.165, 1.54) is 0 Å². The van der Waals surface area contributed by atoms with Crippen LogP contribution in [0.25, 0.3) is 0 Å². The first-order valence-electron chi connectivity index (χ1n) is 7.10. The van der Waals surface area contributed by atoms with Crippen molar-refractivity contribution in [2.45, 2.75) is 19.9 Å². The summed E-state index contributed by atoms with van der Waals surface area (Å²) < 4.78 is 5.16. The van der Waals surface area contributed by atoms with Crippen LogP contribution in [0.4, 0.5) is 11.4 Å². The van der Waals surface area contributed by atoms with Crippen molar-refractivity contribution >= 4 is 23.2 Å². The number of amides is 2. The molecule has 1 heterocycles. The third kappa shape index (κ3) is 5.06. The van der Waals surface area contributed by atoms with Gasteiger partial charge >= 0.3 is 0 Å². The van der Waals surface area contributed by atoms with Gasteiger partial charge in [0, 0.05) is 17.8 Å². The Morgan fingerprint density at radius 1 is 1.00 bits per heavy atom. The van der Waals surface area contributed by atoms with E-state index in [-0.39, 0.29) is 18.4 Å². The highest BCUT2D eigenvalue weighted by Gasteiger charge is 2.04. The fraction of sp³-hybridized carbons (Fsp3) is 0.250. The van der Waals surface area contributed by atoms with Gasteiger partial charge in [0.15, 0.2) is 0 Å². The molecule has 1 aromatic carbocycles. The quantitative estimate of drug-likeness (QED) is 0.733. The van der Waals surface area contributed by atoms with Crippen LogP contribution < -0.4 is 16.0 Å². The predicted molar refractivity (Wildman–Crippen MR) is 84.4 cm³/mol. The third-order valence-electron chi connectivity index (χ3n) is 2.94. The second kappa shape index (κ2) is 7.99. The molecule has 2 rings (SSSR count). The summed E-state index contributed by atoms with van der Waals surface area (Å²) in [6.07, 6.45) is 2.02. The van der Waals surface area contributed by atoms with E-state index in [0.717, 1.165) is 5.76 Å². The Morgan fingerprint density at radius 2 is 1.64 bits per heavy atom. The molecule has 6 nitrogen and oxygen atoms in total. The standard InChI is InChI=1S/C16H19N3O3/c1-2-15(20)18-12-5-7-13(8-6-12)19-16(21)11-17-10-14-4-3-9-22-14/h3-9,17H,2,10-11H2,1H3,(H,18,20)(H,19,21). The predicted octanol–water partition coefficient (Wildman–Crippen LogP) is 2.36. The van der Waals surface area contributed by atoms with E-state index in [1.807, 2.05) is 6.07 Å². The largest absolute Gasteiger partial charge is 0.468 e. The molecule has 2 aromatic rings. The Labute approximate surface area is 128 Å². The summed E-state index contributed by atoms with van der Waals surface area (Å²) in [7, 11) is 0. The maximum atomic E-state index is 11.8. The second-order valence-corrected chi connectivity index (χ2v) is 4.71. The van der Waals surface area contributed by atoms with Crippen LogP contribution in [0.1, 0.15) is 19.1 Å². The number of benzene rings is 1. The van der Waals surface area contributed by atoms with Crippen LogP contribution in [0.5, 0.6) is 0 Å². The van der Waals surface area contributed by atoms with Gasteiger partial charge in [0.1, 0.15) is 5.76 Å². The molecule has 0 saturated heterocycles. The lowest BCUT2D eigenvalue weighted by Gasteiger charge is -2.08. The summed E-state index contributed by atoms with van der Waals surface area (Å²) in [6.45, 7) is 2.48.